The van der Waals surface area contributed by atoms with Crippen LogP contribution in [0.2, 0.25) is 0 Å². The van der Waals surface area contributed by atoms with Gasteiger partial charge in [-0.25, -0.2) is 4.98 Å². The van der Waals surface area contributed by atoms with Crippen LogP contribution in [0.4, 0.5) is 0 Å². The molecule has 0 radical (unpaired) electrons. The fourth-order valence-corrected chi connectivity index (χ4v) is 3.14. The Morgan fingerprint density at radius 3 is 2.84 bits per heavy atom. The number of hydrogen-bond donors (Lipinski definition) is 2. The van der Waals surface area contributed by atoms with Crippen molar-refractivity contribution in [1.29, 1.82) is 0 Å². The second-order valence-electron chi connectivity index (χ2n) is 4.68. The minimum atomic E-state index is 0.0589. The zero-order valence-electron chi connectivity index (χ0n) is 11.2. The molecule has 1 unspecified atom stereocenters. The third kappa shape index (κ3) is 3.32. The van der Waals surface area contributed by atoms with E-state index in [1.807, 2.05) is 26.2 Å². The summed E-state index contributed by atoms with van der Waals surface area (Å²) in [7, 11) is 4.03. The van der Waals surface area contributed by atoms with Crippen LogP contribution in [0, 0.1) is 0 Å². The highest BCUT2D eigenvalue weighted by atomic mass is 32.1. The Labute approximate surface area is 117 Å². The predicted octanol–water partition coefficient (Wildman–Crippen LogP) is 2.00. The molecule has 1 atom stereocenters. The van der Waals surface area contributed by atoms with Crippen molar-refractivity contribution in [2.45, 2.75) is 12.5 Å². The lowest BCUT2D eigenvalue weighted by Crippen LogP contribution is -2.21. The second-order valence-corrected chi connectivity index (χ2v) is 5.57. The molecule has 1 aromatic carbocycles. The van der Waals surface area contributed by atoms with Gasteiger partial charge in [-0.3, -0.25) is 4.90 Å². The zero-order chi connectivity index (χ0) is 13.8. The fraction of sp³-hybridized carbons (Fsp3) is 0.357. The molecular weight excluding hydrogens is 258 g/mol. The third-order valence-corrected chi connectivity index (χ3v) is 3.85. The van der Waals surface area contributed by atoms with Gasteiger partial charge in [-0.05, 0) is 38.3 Å². The first kappa shape index (κ1) is 14.0. The van der Waals surface area contributed by atoms with Gasteiger partial charge in [0.2, 0.25) is 0 Å². The summed E-state index contributed by atoms with van der Waals surface area (Å²) in [4.78, 5) is 6.74. The topological polar surface area (TPSA) is 62.4 Å². The molecular formula is C14H19N3OS. The van der Waals surface area contributed by atoms with Crippen LogP contribution in [0.1, 0.15) is 22.3 Å². The molecule has 0 fully saturated rings. The number of phenols is 1. The summed E-state index contributed by atoms with van der Waals surface area (Å²) in [6.07, 6.45) is 0.802. The van der Waals surface area contributed by atoms with Crippen molar-refractivity contribution in [3.05, 3.63) is 45.9 Å². The molecule has 5 heteroatoms. The van der Waals surface area contributed by atoms with Crippen LogP contribution in [-0.4, -0.2) is 35.6 Å². The number of benzene rings is 1. The van der Waals surface area contributed by atoms with Gasteiger partial charge in [-0.1, -0.05) is 12.1 Å². The number of phenolic OH excluding ortho intramolecular Hbond substituents is 1. The molecule has 0 aliphatic heterocycles. The molecule has 0 aliphatic rings. The highest BCUT2D eigenvalue weighted by Gasteiger charge is 2.20. The first-order chi connectivity index (χ1) is 9.11. The highest BCUT2D eigenvalue weighted by molar-refractivity contribution is 7.09. The summed E-state index contributed by atoms with van der Waals surface area (Å²) in [5, 5.41) is 12.7. The normalized spacial score (nSPS) is 12.8. The molecule has 3 N–H and O–H groups in total. The standard InChI is InChI=1S/C14H19N3OS/c1-17(2)13(10-4-3-5-12(18)8-10)14-16-11(6-7-15)9-19-14/h3-5,8-9,13,18H,6-7,15H2,1-2H3. The highest BCUT2D eigenvalue weighted by Crippen LogP contribution is 2.30. The average Bonchev–Trinajstić information content (AvgIpc) is 2.78. The van der Waals surface area contributed by atoms with Gasteiger partial charge in [0, 0.05) is 11.8 Å². The molecule has 0 aliphatic carbocycles. The van der Waals surface area contributed by atoms with Gasteiger partial charge in [-0.15, -0.1) is 11.3 Å². The lowest BCUT2D eigenvalue weighted by atomic mass is 10.1. The van der Waals surface area contributed by atoms with E-state index in [1.165, 1.54) is 0 Å². The van der Waals surface area contributed by atoms with Crippen molar-refractivity contribution in [3.8, 4) is 5.75 Å². The predicted molar refractivity (Wildman–Crippen MR) is 78.5 cm³/mol. The third-order valence-electron chi connectivity index (χ3n) is 2.91. The molecule has 2 aromatic rings. The number of thiazole rings is 1. The maximum Gasteiger partial charge on any atom is 0.115 e. The fourth-order valence-electron chi connectivity index (χ4n) is 2.07. The molecule has 0 spiro atoms. The van der Waals surface area contributed by atoms with Gasteiger partial charge < -0.3 is 10.8 Å². The minimum absolute atomic E-state index is 0.0589. The summed E-state index contributed by atoms with van der Waals surface area (Å²) in [5.74, 6) is 0.281. The number of nitrogens with two attached hydrogens (primary N) is 1. The monoisotopic (exact) mass is 277 g/mol. The molecule has 0 amide bonds. The summed E-state index contributed by atoms with van der Waals surface area (Å²) >= 11 is 1.64. The van der Waals surface area contributed by atoms with Crippen LogP contribution in [-0.2, 0) is 6.42 Å². The van der Waals surface area contributed by atoms with E-state index >= 15 is 0 Å². The van der Waals surface area contributed by atoms with Crippen molar-refractivity contribution in [3.63, 3.8) is 0 Å². The van der Waals surface area contributed by atoms with E-state index < -0.39 is 0 Å². The van der Waals surface area contributed by atoms with Gasteiger partial charge >= 0.3 is 0 Å². The molecule has 2 rings (SSSR count). The van der Waals surface area contributed by atoms with Gasteiger partial charge in [-0.2, -0.15) is 0 Å². The number of aromatic hydroxyl groups is 1. The molecule has 0 saturated heterocycles. The number of hydrogen-bond acceptors (Lipinski definition) is 5. The Kier molecular flexibility index (Phi) is 4.52. The zero-order valence-corrected chi connectivity index (χ0v) is 12.0. The molecule has 102 valence electrons. The van der Waals surface area contributed by atoms with Gasteiger partial charge in [0.05, 0.1) is 11.7 Å². The number of aromatic nitrogens is 1. The molecule has 4 nitrogen and oxygen atoms in total. The van der Waals surface area contributed by atoms with E-state index in [2.05, 4.69) is 15.3 Å². The van der Waals surface area contributed by atoms with Crippen molar-refractivity contribution in [2.75, 3.05) is 20.6 Å². The largest absolute Gasteiger partial charge is 0.508 e. The summed E-state index contributed by atoms with van der Waals surface area (Å²) in [6.45, 7) is 0.613. The van der Waals surface area contributed by atoms with E-state index in [9.17, 15) is 5.11 Å². The maximum atomic E-state index is 9.63. The minimum Gasteiger partial charge on any atom is -0.508 e. The molecule has 1 heterocycles. The van der Waals surface area contributed by atoms with Crippen molar-refractivity contribution in [2.24, 2.45) is 5.73 Å². The lowest BCUT2D eigenvalue weighted by molar-refractivity contribution is 0.340. The van der Waals surface area contributed by atoms with E-state index in [-0.39, 0.29) is 11.8 Å². The first-order valence-corrected chi connectivity index (χ1v) is 7.09. The van der Waals surface area contributed by atoms with E-state index in [0.717, 1.165) is 22.7 Å². The Hall–Kier alpha value is -1.43. The molecule has 19 heavy (non-hydrogen) atoms. The van der Waals surface area contributed by atoms with Crippen molar-refractivity contribution in [1.82, 2.24) is 9.88 Å². The number of rotatable bonds is 5. The summed E-state index contributed by atoms with van der Waals surface area (Å²) < 4.78 is 0. The first-order valence-electron chi connectivity index (χ1n) is 6.21. The number of nitrogens with zero attached hydrogens (tertiary/aromatic N) is 2. The Morgan fingerprint density at radius 1 is 1.42 bits per heavy atom. The van der Waals surface area contributed by atoms with Gasteiger partial charge in [0.1, 0.15) is 10.8 Å². The Balaban J connectivity index is 2.34. The van der Waals surface area contributed by atoms with E-state index in [4.69, 9.17) is 5.73 Å². The van der Waals surface area contributed by atoms with Gasteiger partial charge in [0.25, 0.3) is 0 Å². The summed E-state index contributed by atoms with van der Waals surface area (Å²) in [5.41, 5.74) is 7.63. The van der Waals surface area contributed by atoms with Crippen LogP contribution in [0.3, 0.4) is 0 Å². The van der Waals surface area contributed by atoms with Crippen LogP contribution in [0.25, 0.3) is 0 Å². The van der Waals surface area contributed by atoms with Crippen LogP contribution in [0.5, 0.6) is 5.75 Å². The summed E-state index contributed by atoms with van der Waals surface area (Å²) in [6, 6.07) is 7.39. The molecule has 0 saturated carbocycles. The van der Waals surface area contributed by atoms with Crippen LogP contribution in [0.15, 0.2) is 29.6 Å². The molecule has 0 bridgehead atoms. The van der Waals surface area contributed by atoms with Crippen LogP contribution < -0.4 is 5.73 Å². The van der Waals surface area contributed by atoms with E-state index in [0.29, 0.717) is 6.54 Å². The van der Waals surface area contributed by atoms with E-state index in [1.54, 1.807) is 23.5 Å². The SMILES string of the molecule is CN(C)C(c1cccc(O)c1)c1nc(CCN)cs1. The molecule has 1 aromatic heterocycles. The smallest absolute Gasteiger partial charge is 0.115 e. The Bertz CT molecular complexity index is 539. The van der Waals surface area contributed by atoms with Crippen molar-refractivity contribution >= 4 is 11.3 Å². The Morgan fingerprint density at radius 2 is 2.21 bits per heavy atom. The van der Waals surface area contributed by atoms with Gasteiger partial charge in [0.15, 0.2) is 0 Å². The quantitative estimate of drug-likeness (QED) is 0.877. The maximum absolute atomic E-state index is 9.63. The van der Waals surface area contributed by atoms with Crippen molar-refractivity contribution < 1.29 is 5.11 Å². The second kappa shape index (κ2) is 6.14. The lowest BCUT2D eigenvalue weighted by Gasteiger charge is -2.22. The average molecular weight is 277 g/mol. The van der Waals surface area contributed by atoms with Crippen LogP contribution >= 0.6 is 11.3 Å².